The van der Waals surface area contributed by atoms with E-state index in [1.165, 1.54) is 12.8 Å². The molecule has 2 aliphatic carbocycles. The number of carbonyl (C=O) groups is 5. The molecule has 0 saturated heterocycles. The van der Waals surface area contributed by atoms with E-state index in [0.717, 1.165) is 173 Å². The van der Waals surface area contributed by atoms with Crippen LogP contribution in [0.4, 0.5) is 0 Å². The Bertz CT molecular complexity index is 2130. The molecular formula is C75H130O15Si2. The summed E-state index contributed by atoms with van der Waals surface area (Å²) >= 11 is 0. The quantitative estimate of drug-likeness (QED) is 0.0185. The number of rotatable bonds is 57. The average molecular weight is 1330 g/mol. The largest absolute Gasteiger partial charge is 0.500 e. The number of unbranched alkanes of at least 4 members (excludes halogenated alkanes) is 19. The van der Waals surface area contributed by atoms with E-state index in [4.69, 9.17) is 45.8 Å². The van der Waals surface area contributed by atoms with Crippen LogP contribution in [0.5, 0.6) is 0 Å². The van der Waals surface area contributed by atoms with Crippen molar-refractivity contribution in [3.63, 3.8) is 0 Å². The zero-order valence-electron chi connectivity index (χ0n) is 59.5. The van der Waals surface area contributed by atoms with Crippen molar-refractivity contribution in [1.82, 2.24) is 0 Å². The fourth-order valence-corrected chi connectivity index (χ4v) is 15.1. The van der Waals surface area contributed by atoms with Gasteiger partial charge in [-0.2, -0.15) is 0 Å². The molecule has 528 valence electrons. The molecule has 0 spiro atoms. The molecule has 0 aromatic rings. The van der Waals surface area contributed by atoms with Crippen molar-refractivity contribution in [2.45, 2.75) is 278 Å². The van der Waals surface area contributed by atoms with Gasteiger partial charge in [-0.05, 0) is 140 Å². The second-order valence-corrected chi connectivity index (χ2v) is 31.6. The van der Waals surface area contributed by atoms with Gasteiger partial charge in [0.05, 0.1) is 24.0 Å². The fraction of sp³-hybridized carbons (Fsp3) is 0.773. The van der Waals surface area contributed by atoms with Gasteiger partial charge in [0.1, 0.15) is 13.2 Å². The van der Waals surface area contributed by atoms with E-state index >= 15 is 0 Å². The zero-order valence-corrected chi connectivity index (χ0v) is 61.7. The lowest BCUT2D eigenvalue weighted by atomic mass is 9.65. The van der Waals surface area contributed by atoms with E-state index in [0.29, 0.717) is 44.3 Å². The van der Waals surface area contributed by atoms with Crippen molar-refractivity contribution in [3.05, 3.63) is 72.9 Å². The highest BCUT2D eigenvalue weighted by Gasteiger charge is 2.46. The first-order valence-corrected chi connectivity index (χ1v) is 39.9. The molecule has 0 aromatic carbocycles. The molecule has 15 nitrogen and oxygen atoms in total. The number of ether oxygens (including phenoxy) is 5. The van der Waals surface area contributed by atoms with Gasteiger partial charge in [0.2, 0.25) is 0 Å². The molecule has 0 N–H and O–H groups in total. The zero-order chi connectivity index (χ0) is 67.4. The van der Waals surface area contributed by atoms with E-state index in [1.54, 1.807) is 35.5 Å². The van der Waals surface area contributed by atoms with Crippen molar-refractivity contribution in [3.8, 4) is 0 Å². The third-order valence-corrected chi connectivity index (χ3v) is 23.2. The maximum atomic E-state index is 13.8. The standard InChI is InChI=1S/C75H130O15Si2/c1-11-14-17-19-20-21-22-23-24-25-26-29-34-40-49-69(76)88-62-68(90-71(78)51-42-36-31-33-39-48-67-55-53-65(46-37-18-15-12-2)61-75(67,5)72(79)86-56-43-58-91(81-6)82-7)63-89-70(77)50-41-35-30-27-28-32-38-47-66-54-52-64(45-16-13-3)60-74(66,4)73(80)87-57-44-59-92(83-8,84-9)85-10/h19-20,22-23,37-38,46-47,52-55,64-68,91H,11-18,21,24-36,39-45,48-51,56-63H2,1-10H3/b20-19+,23-22+,46-37+,47-38+. The molecule has 92 heavy (non-hydrogen) atoms. The topological polar surface area (TPSA) is 178 Å². The summed E-state index contributed by atoms with van der Waals surface area (Å²) in [6, 6.07) is 1.34. The number of carbonyl (C=O) groups excluding carboxylic acids is 5. The third-order valence-electron chi connectivity index (χ3n) is 18.4. The van der Waals surface area contributed by atoms with Crippen LogP contribution in [0.1, 0.15) is 259 Å². The van der Waals surface area contributed by atoms with Gasteiger partial charge in [-0.25, -0.2) is 0 Å². The Balaban J connectivity index is 1.90. The Hall–Kier alpha value is -3.98. The summed E-state index contributed by atoms with van der Waals surface area (Å²) in [6.45, 7) is 11.0. The molecule has 2 rings (SSSR count). The lowest BCUT2D eigenvalue weighted by Crippen LogP contribution is -2.43. The third kappa shape index (κ3) is 36.8. The normalized spacial score (nSPS) is 20.5. The molecule has 0 heterocycles. The van der Waals surface area contributed by atoms with Crippen LogP contribution in [-0.2, 0) is 69.8 Å². The molecule has 0 saturated carbocycles. The second-order valence-electron chi connectivity index (χ2n) is 26.1. The predicted molar refractivity (Wildman–Crippen MR) is 375 cm³/mol. The first-order valence-electron chi connectivity index (χ1n) is 36.2. The molecule has 0 aromatic heterocycles. The monoisotopic (exact) mass is 1330 g/mol. The van der Waals surface area contributed by atoms with Gasteiger partial charge >= 0.3 is 47.9 Å². The van der Waals surface area contributed by atoms with E-state index in [9.17, 15) is 24.0 Å². The van der Waals surface area contributed by atoms with E-state index in [2.05, 4.69) is 101 Å². The minimum absolute atomic E-state index is 0.0580. The molecule has 0 fully saturated rings. The number of allylic oxidation sites excluding steroid dienone is 12. The van der Waals surface area contributed by atoms with Crippen molar-refractivity contribution in [2.75, 3.05) is 62.0 Å². The summed E-state index contributed by atoms with van der Waals surface area (Å²) < 4.78 is 56.5. The van der Waals surface area contributed by atoms with Crippen molar-refractivity contribution in [1.29, 1.82) is 0 Å². The lowest BCUT2D eigenvalue weighted by Gasteiger charge is -2.39. The van der Waals surface area contributed by atoms with Crippen LogP contribution in [-0.4, -0.2) is 116 Å². The number of hydrogen-bond acceptors (Lipinski definition) is 15. The second kappa shape index (κ2) is 53.2. The Kier molecular flexibility index (Phi) is 48.6. The van der Waals surface area contributed by atoms with Gasteiger partial charge in [0, 0.05) is 66.8 Å². The molecule has 0 aliphatic heterocycles. The molecule has 7 atom stereocenters. The summed E-state index contributed by atoms with van der Waals surface area (Å²) in [4.78, 5) is 66.8. The first-order chi connectivity index (χ1) is 44.6. The Morgan fingerprint density at radius 1 is 0.489 bits per heavy atom. The highest BCUT2D eigenvalue weighted by Crippen LogP contribution is 2.45. The molecule has 17 heteroatoms. The molecule has 0 radical (unpaired) electrons. The van der Waals surface area contributed by atoms with Gasteiger partial charge in [0.25, 0.3) is 0 Å². The van der Waals surface area contributed by atoms with Crippen LogP contribution in [0.25, 0.3) is 0 Å². The average Bonchev–Trinajstić information content (AvgIpc) is 0.814. The van der Waals surface area contributed by atoms with Crippen LogP contribution >= 0.6 is 0 Å². The summed E-state index contributed by atoms with van der Waals surface area (Å²) in [7, 11) is 3.64. The Labute approximate surface area is 562 Å². The molecule has 0 bridgehead atoms. The molecule has 2 aliphatic rings. The Morgan fingerprint density at radius 3 is 1.57 bits per heavy atom. The highest BCUT2D eigenvalue weighted by molar-refractivity contribution is 6.60. The minimum atomic E-state index is -2.75. The summed E-state index contributed by atoms with van der Waals surface area (Å²) in [5, 5.41) is 0. The summed E-state index contributed by atoms with van der Waals surface area (Å²) in [5.74, 6) is -0.895. The highest BCUT2D eigenvalue weighted by atomic mass is 28.4. The van der Waals surface area contributed by atoms with Crippen molar-refractivity contribution in [2.24, 2.45) is 34.5 Å². The van der Waals surface area contributed by atoms with Gasteiger partial charge in [-0.3, -0.25) is 24.0 Å². The van der Waals surface area contributed by atoms with Gasteiger partial charge < -0.3 is 45.8 Å². The number of hydrogen-bond donors (Lipinski definition) is 0. The smallest absolute Gasteiger partial charge is 0.465 e. The van der Waals surface area contributed by atoms with E-state index in [-0.39, 0.29) is 80.7 Å². The SMILES string of the molecule is CCCC/C=C/C/C=C/CCCCCCCC(=O)OCC(COC(=O)CCCCCCC/C=C/C1C=CC(CCCC)CC1(C)C(=O)OCCC[Si](OC)(OC)OC)OC(=O)CCCCCCCC1C=CC(/C=C/CCCC)CC1(C)C(=O)OCCC[SiH](OC)OC. The van der Waals surface area contributed by atoms with Crippen LogP contribution < -0.4 is 0 Å². The summed E-state index contributed by atoms with van der Waals surface area (Å²) in [6.07, 6.45) is 57.3. The maximum absolute atomic E-state index is 13.8. The van der Waals surface area contributed by atoms with Crippen LogP contribution in [0.15, 0.2) is 72.9 Å². The van der Waals surface area contributed by atoms with E-state index in [1.807, 2.05) is 6.92 Å². The minimum Gasteiger partial charge on any atom is -0.465 e. The lowest BCUT2D eigenvalue weighted by molar-refractivity contribution is -0.167. The van der Waals surface area contributed by atoms with Crippen LogP contribution in [0.3, 0.4) is 0 Å². The van der Waals surface area contributed by atoms with Gasteiger partial charge in [-0.15, -0.1) is 0 Å². The van der Waals surface area contributed by atoms with Gasteiger partial charge in [0.15, 0.2) is 6.10 Å². The van der Waals surface area contributed by atoms with Gasteiger partial charge in [-0.1, -0.05) is 196 Å². The summed E-state index contributed by atoms with van der Waals surface area (Å²) in [5.41, 5.74) is -1.29. The first kappa shape index (κ1) is 84.1. The molecular weight excluding hydrogens is 1200 g/mol. The Morgan fingerprint density at radius 2 is 0.989 bits per heavy atom. The molecule has 7 unspecified atom stereocenters. The number of esters is 5. The van der Waals surface area contributed by atoms with E-state index < -0.39 is 41.0 Å². The maximum Gasteiger partial charge on any atom is 0.500 e. The van der Waals surface area contributed by atoms with Crippen LogP contribution in [0, 0.1) is 34.5 Å². The predicted octanol–water partition coefficient (Wildman–Crippen LogP) is 18.0. The van der Waals surface area contributed by atoms with Crippen molar-refractivity contribution < 1.29 is 69.8 Å². The molecule has 0 amide bonds. The fourth-order valence-electron chi connectivity index (χ4n) is 12.3. The van der Waals surface area contributed by atoms with Crippen LogP contribution in [0.2, 0.25) is 12.1 Å². The van der Waals surface area contributed by atoms with Crippen molar-refractivity contribution >= 4 is 47.9 Å².